The van der Waals surface area contributed by atoms with Crippen molar-refractivity contribution >= 4 is 23.3 Å². The predicted molar refractivity (Wildman–Crippen MR) is 63.8 cm³/mol. The molecule has 2 N–H and O–H groups in total. The summed E-state index contributed by atoms with van der Waals surface area (Å²) in [5.74, 6) is -1.22. The quantitative estimate of drug-likeness (QED) is 0.792. The van der Waals surface area contributed by atoms with Gasteiger partial charge in [0.25, 0.3) is 0 Å². The monoisotopic (exact) mass is 297 g/mol. The van der Waals surface area contributed by atoms with Crippen LogP contribution in [0.3, 0.4) is 0 Å². The number of aromatic carboxylic acids is 1. The predicted octanol–water partition coefficient (Wildman–Crippen LogP) is 3.03. The largest absolute Gasteiger partial charge is 0.478 e. The van der Waals surface area contributed by atoms with Crippen LogP contribution in [-0.2, 0) is 4.74 Å². The fourth-order valence-electron chi connectivity index (χ4n) is 1.33. The molecule has 1 rings (SSSR count). The summed E-state index contributed by atoms with van der Waals surface area (Å²) in [6.07, 6.45) is -4.37. The molecule has 106 valence electrons. The van der Waals surface area contributed by atoms with E-state index in [1.165, 1.54) is 18.2 Å². The van der Waals surface area contributed by atoms with E-state index < -0.39 is 18.8 Å². The number of carboxylic acids is 1. The number of benzene rings is 1. The zero-order chi connectivity index (χ0) is 14.5. The van der Waals surface area contributed by atoms with Crippen LogP contribution in [-0.4, -0.2) is 37.0 Å². The first kappa shape index (κ1) is 15.6. The zero-order valence-electron chi connectivity index (χ0n) is 9.63. The summed E-state index contributed by atoms with van der Waals surface area (Å²) in [5, 5.41) is 11.7. The second-order valence-corrected chi connectivity index (χ2v) is 3.97. The van der Waals surface area contributed by atoms with Crippen LogP contribution in [0.4, 0.5) is 18.9 Å². The molecule has 0 fully saturated rings. The SMILES string of the molecule is O=C(O)c1c(Cl)cccc1NCCOCC(F)(F)F. The molecule has 0 aliphatic heterocycles. The second-order valence-electron chi connectivity index (χ2n) is 3.56. The zero-order valence-corrected chi connectivity index (χ0v) is 10.4. The lowest BCUT2D eigenvalue weighted by atomic mass is 10.2. The lowest BCUT2D eigenvalue weighted by Gasteiger charge is -2.11. The van der Waals surface area contributed by atoms with E-state index in [2.05, 4.69) is 10.1 Å². The Kier molecular flexibility index (Phi) is 5.44. The maximum absolute atomic E-state index is 11.8. The van der Waals surface area contributed by atoms with Crippen LogP contribution in [0.1, 0.15) is 10.4 Å². The Morgan fingerprint density at radius 3 is 2.68 bits per heavy atom. The highest BCUT2D eigenvalue weighted by Crippen LogP contribution is 2.24. The van der Waals surface area contributed by atoms with Crippen LogP contribution in [0.2, 0.25) is 5.02 Å². The van der Waals surface area contributed by atoms with Gasteiger partial charge < -0.3 is 15.2 Å². The number of rotatable bonds is 6. The van der Waals surface area contributed by atoms with Gasteiger partial charge >= 0.3 is 12.1 Å². The van der Waals surface area contributed by atoms with Crippen LogP contribution in [0.15, 0.2) is 18.2 Å². The van der Waals surface area contributed by atoms with Crippen molar-refractivity contribution in [1.29, 1.82) is 0 Å². The van der Waals surface area contributed by atoms with E-state index in [-0.39, 0.29) is 29.4 Å². The molecule has 0 aromatic heterocycles. The molecule has 0 aliphatic carbocycles. The van der Waals surface area contributed by atoms with Gasteiger partial charge in [-0.1, -0.05) is 17.7 Å². The van der Waals surface area contributed by atoms with Crippen LogP contribution in [0.25, 0.3) is 0 Å². The maximum atomic E-state index is 11.8. The molecule has 0 unspecified atom stereocenters. The van der Waals surface area contributed by atoms with Crippen molar-refractivity contribution in [2.24, 2.45) is 0 Å². The number of halogens is 4. The summed E-state index contributed by atoms with van der Waals surface area (Å²) in [4.78, 5) is 11.0. The Hall–Kier alpha value is -1.47. The third-order valence-electron chi connectivity index (χ3n) is 2.06. The fraction of sp³-hybridized carbons (Fsp3) is 0.364. The highest BCUT2D eigenvalue weighted by atomic mass is 35.5. The van der Waals surface area contributed by atoms with E-state index in [4.69, 9.17) is 16.7 Å². The van der Waals surface area contributed by atoms with E-state index in [9.17, 15) is 18.0 Å². The van der Waals surface area contributed by atoms with Gasteiger partial charge in [0.15, 0.2) is 0 Å². The summed E-state index contributed by atoms with van der Waals surface area (Å²) in [6, 6.07) is 4.42. The highest BCUT2D eigenvalue weighted by molar-refractivity contribution is 6.34. The molecule has 1 aromatic rings. The number of hydrogen-bond acceptors (Lipinski definition) is 3. The van der Waals surface area contributed by atoms with E-state index >= 15 is 0 Å². The molecule has 1 aromatic carbocycles. The highest BCUT2D eigenvalue weighted by Gasteiger charge is 2.27. The van der Waals surface area contributed by atoms with Gasteiger partial charge in [0.2, 0.25) is 0 Å². The molecular formula is C11H11ClF3NO3. The third-order valence-corrected chi connectivity index (χ3v) is 2.37. The van der Waals surface area contributed by atoms with Gasteiger partial charge in [-0.05, 0) is 12.1 Å². The van der Waals surface area contributed by atoms with Gasteiger partial charge in [-0.2, -0.15) is 13.2 Å². The maximum Gasteiger partial charge on any atom is 0.411 e. The van der Waals surface area contributed by atoms with Gasteiger partial charge in [0.1, 0.15) is 12.2 Å². The molecule has 0 bridgehead atoms. The van der Waals surface area contributed by atoms with Gasteiger partial charge in [0, 0.05) is 6.54 Å². The Bertz CT molecular complexity index is 451. The minimum Gasteiger partial charge on any atom is -0.478 e. The lowest BCUT2D eigenvalue weighted by Crippen LogP contribution is -2.20. The number of carbonyl (C=O) groups is 1. The number of ether oxygens (including phenoxy) is 1. The minimum atomic E-state index is -4.37. The second kappa shape index (κ2) is 6.63. The molecule has 4 nitrogen and oxygen atoms in total. The molecule has 0 spiro atoms. The van der Waals surface area contributed by atoms with Crippen LogP contribution in [0, 0.1) is 0 Å². The Morgan fingerprint density at radius 2 is 2.11 bits per heavy atom. The smallest absolute Gasteiger partial charge is 0.411 e. The average Bonchev–Trinajstić information content (AvgIpc) is 2.26. The Labute approximate surface area is 112 Å². The number of hydrogen-bond donors (Lipinski definition) is 2. The van der Waals surface area contributed by atoms with Crippen molar-refractivity contribution in [1.82, 2.24) is 0 Å². The molecule has 0 heterocycles. The van der Waals surface area contributed by atoms with E-state index in [0.717, 1.165) is 0 Å². The van der Waals surface area contributed by atoms with Gasteiger partial charge in [-0.15, -0.1) is 0 Å². The summed E-state index contributed by atoms with van der Waals surface area (Å²) in [7, 11) is 0. The first-order valence-corrected chi connectivity index (χ1v) is 5.59. The first-order chi connectivity index (χ1) is 8.81. The lowest BCUT2D eigenvalue weighted by molar-refractivity contribution is -0.172. The van der Waals surface area contributed by atoms with Crippen LogP contribution >= 0.6 is 11.6 Å². The van der Waals surface area contributed by atoms with E-state index in [1.54, 1.807) is 0 Å². The van der Waals surface area contributed by atoms with Gasteiger partial charge in [-0.3, -0.25) is 0 Å². The molecule has 0 radical (unpaired) electrons. The topological polar surface area (TPSA) is 58.6 Å². The van der Waals surface area contributed by atoms with E-state index in [0.29, 0.717) is 0 Å². The number of carboxylic acid groups (broad SMARTS) is 1. The molecule has 0 aliphatic rings. The summed E-state index contributed by atoms with van der Waals surface area (Å²) >= 11 is 5.72. The van der Waals surface area contributed by atoms with Crippen LogP contribution < -0.4 is 5.32 Å². The van der Waals surface area contributed by atoms with Crippen molar-refractivity contribution in [3.63, 3.8) is 0 Å². The summed E-state index contributed by atoms with van der Waals surface area (Å²) in [5.41, 5.74) is 0.107. The molecule has 0 atom stereocenters. The van der Waals surface area contributed by atoms with Gasteiger partial charge in [0.05, 0.1) is 17.3 Å². The van der Waals surface area contributed by atoms with Crippen molar-refractivity contribution in [2.75, 3.05) is 25.1 Å². The molecule has 0 saturated carbocycles. The first-order valence-electron chi connectivity index (χ1n) is 5.21. The Balaban J connectivity index is 2.50. The Morgan fingerprint density at radius 1 is 1.42 bits per heavy atom. The third kappa shape index (κ3) is 5.35. The molecule has 8 heteroatoms. The van der Waals surface area contributed by atoms with Crippen molar-refractivity contribution in [3.8, 4) is 0 Å². The molecule has 0 amide bonds. The summed E-state index contributed by atoms with van der Waals surface area (Å²) < 4.78 is 39.7. The molecule has 19 heavy (non-hydrogen) atoms. The number of anilines is 1. The van der Waals surface area contributed by atoms with E-state index in [1.807, 2.05) is 0 Å². The molecular weight excluding hydrogens is 287 g/mol. The number of nitrogens with one attached hydrogen (secondary N) is 1. The normalized spacial score (nSPS) is 11.4. The standard InChI is InChI=1S/C11H11ClF3NO3/c12-7-2-1-3-8(9(7)10(17)18)16-4-5-19-6-11(13,14)15/h1-3,16H,4-6H2,(H,17,18). The van der Waals surface area contributed by atoms with Crippen molar-refractivity contribution < 1.29 is 27.8 Å². The fourth-order valence-corrected chi connectivity index (χ4v) is 1.59. The van der Waals surface area contributed by atoms with Gasteiger partial charge in [-0.25, -0.2) is 4.79 Å². The summed E-state index contributed by atoms with van der Waals surface area (Å²) in [6.45, 7) is -1.50. The van der Waals surface area contributed by atoms with Crippen molar-refractivity contribution in [3.05, 3.63) is 28.8 Å². The van der Waals surface area contributed by atoms with Crippen molar-refractivity contribution in [2.45, 2.75) is 6.18 Å². The number of alkyl halides is 3. The minimum absolute atomic E-state index is 0.0384. The molecule has 0 saturated heterocycles. The van der Waals surface area contributed by atoms with Crippen LogP contribution in [0.5, 0.6) is 0 Å². The average molecular weight is 298 g/mol.